The van der Waals surface area contributed by atoms with Gasteiger partial charge >= 0.3 is 5.69 Å². The van der Waals surface area contributed by atoms with Gasteiger partial charge in [-0.2, -0.15) is 0 Å². The first-order chi connectivity index (χ1) is 15.0. The van der Waals surface area contributed by atoms with Crippen LogP contribution in [0.15, 0.2) is 72.8 Å². The molecule has 31 heavy (non-hydrogen) atoms. The maximum absolute atomic E-state index is 11.9. The van der Waals surface area contributed by atoms with Gasteiger partial charge in [0.1, 0.15) is 6.61 Å². The molecule has 3 aromatic rings. The van der Waals surface area contributed by atoms with Crippen LogP contribution in [-0.2, 0) is 19.6 Å². The van der Waals surface area contributed by atoms with Crippen molar-refractivity contribution in [3.05, 3.63) is 105 Å². The third-order valence-electron chi connectivity index (χ3n) is 5.92. The average Bonchev–Trinajstić information content (AvgIpc) is 2.78. The van der Waals surface area contributed by atoms with Crippen LogP contribution in [0.2, 0.25) is 0 Å². The number of aliphatic hydroxyl groups is 1. The molecular weight excluding hydrogens is 392 g/mol. The van der Waals surface area contributed by atoms with Crippen molar-refractivity contribution < 1.29 is 14.8 Å². The van der Waals surface area contributed by atoms with Gasteiger partial charge in [0.15, 0.2) is 5.75 Å². The number of nitro groups is 1. The zero-order valence-electron chi connectivity index (χ0n) is 17.5. The monoisotopic (exact) mass is 418 g/mol. The normalized spacial score (nSPS) is 17.9. The smallest absolute Gasteiger partial charge is 0.314 e. The topological polar surface area (TPSA) is 75.8 Å². The van der Waals surface area contributed by atoms with Gasteiger partial charge in [0.2, 0.25) is 0 Å². The molecule has 0 saturated heterocycles. The molecular formula is C25H26N2O4. The second kappa shape index (κ2) is 9.29. The Labute approximate surface area is 181 Å². The number of likely N-dealkylation sites (N-methyl/N-ethyl adjacent to an activating group) is 1. The van der Waals surface area contributed by atoms with Crippen LogP contribution in [0.4, 0.5) is 5.69 Å². The van der Waals surface area contributed by atoms with Crippen molar-refractivity contribution in [2.24, 2.45) is 0 Å². The van der Waals surface area contributed by atoms with E-state index in [1.165, 1.54) is 5.56 Å². The lowest BCUT2D eigenvalue weighted by molar-refractivity contribution is -0.386. The minimum absolute atomic E-state index is 0.0309. The van der Waals surface area contributed by atoms with E-state index in [-0.39, 0.29) is 29.0 Å². The van der Waals surface area contributed by atoms with E-state index in [0.29, 0.717) is 30.5 Å². The fourth-order valence-corrected chi connectivity index (χ4v) is 4.33. The SMILES string of the molecule is CN(Cc1ccccc1)C1CCc2c(ccc(OCc3ccccc3)c2[N+](=O)[O-])C1O. The van der Waals surface area contributed by atoms with Gasteiger partial charge in [-0.15, -0.1) is 0 Å². The summed E-state index contributed by atoms with van der Waals surface area (Å²) in [6.07, 6.45) is 0.370. The van der Waals surface area contributed by atoms with Crippen molar-refractivity contribution in [3.8, 4) is 5.75 Å². The third-order valence-corrected chi connectivity index (χ3v) is 5.92. The Bertz CT molecular complexity index is 1040. The number of hydrogen-bond donors (Lipinski definition) is 1. The van der Waals surface area contributed by atoms with Gasteiger partial charge in [0.05, 0.1) is 11.0 Å². The molecule has 1 aliphatic rings. The molecule has 0 saturated carbocycles. The van der Waals surface area contributed by atoms with Crippen LogP contribution in [-0.4, -0.2) is 28.0 Å². The third kappa shape index (κ3) is 4.60. The highest BCUT2D eigenvalue weighted by Crippen LogP contribution is 2.42. The van der Waals surface area contributed by atoms with Crippen molar-refractivity contribution in [2.45, 2.75) is 38.1 Å². The van der Waals surface area contributed by atoms with Crippen molar-refractivity contribution in [2.75, 3.05) is 7.05 Å². The lowest BCUT2D eigenvalue weighted by Gasteiger charge is -2.36. The van der Waals surface area contributed by atoms with E-state index >= 15 is 0 Å². The molecule has 0 bridgehead atoms. The molecule has 4 rings (SSSR count). The number of benzene rings is 3. The van der Waals surface area contributed by atoms with Gasteiger partial charge < -0.3 is 9.84 Å². The molecule has 0 fully saturated rings. The molecule has 160 valence electrons. The van der Waals surface area contributed by atoms with Gasteiger partial charge in [-0.1, -0.05) is 66.7 Å². The number of fused-ring (bicyclic) bond motifs is 1. The maximum atomic E-state index is 11.9. The van der Waals surface area contributed by atoms with Crippen LogP contribution in [0.5, 0.6) is 5.75 Å². The Morgan fingerprint density at radius 1 is 1.03 bits per heavy atom. The molecule has 1 aliphatic carbocycles. The van der Waals surface area contributed by atoms with Crippen LogP contribution >= 0.6 is 0 Å². The lowest BCUT2D eigenvalue weighted by Crippen LogP contribution is -2.39. The summed E-state index contributed by atoms with van der Waals surface area (Å²) in [5, 5.41) is 23.0. The van der Waals surface area contributed by atoms with E-state index in [1.807, 2.05) is 55.6 Å². The van der Waals surface area contributed by atoms with Gasteiger partial charge in [0.25, 0.3) is 0 Å². The van der Waals surface area contributed by atoms with Gasteiger partial charge in [-0.25, -0.2) is 0 Å². The number of rotatable bonds is 7. The van der Waals surface area contributed by atoms with Crippen molar-refractivity contribution in [1.29, 1.82) is 0 Å². The predicted molar refractivity (Wildman–Crippen MR) is 119 cm³/mol. The Balaban J connectivity index is 1.56. The summed E-state index contributed by atoms with van der Waals surface area (Å²) in [5.41, 5.74) is 3.27. The molecule has 2 unspecified atom stereocenters. The second-order valence-corrected chi connectivity index (χ2v) is 7.96. The molecule has 0 aliphatic heterocycles. The minimum atomic E-state index is -0.792. The number of ether oxygens (including phenoxy) is 1. The average molecular weight is 418 g/mol. The van der Waals surface area contributed by atoms with Crippen molar-refractivity contribution >= 4 is 5.69 Å². The van der Waals surface area contributed by atoms with E-state index in [9.17, 15) is 15.2 Å². The molecule has 2 atom stereocenters. The fraction of sp³-hybridized carbons (Fsp3) is 0.280. The van der Waals surface area contributed by atoms with Crippen molar-refractivity contribution in [1.82, 2.24) is 4.90 Å². The molecule has 0 radical (unpaired) electrons. The number of nitrogens with zero attached hydrogens (tertiary/aromatic N) is 2. The Morgan fingerprint density at radius 2 is 1.68 bits per heavy atom. The molecule has 0 aromatic heterocycles. The largest absolute Gasteiger partial charge is 0.482 e. The summed E-state index contributed by atoms with van der Waals surface area (Å²) < 4.78 is 5.81. The van der Waals surface area contributed by atoms with Crippen LogP contribution in [0.3, 0.4) is 0 Å². The van der Waals surface area contributed by atoms with Gasteiger partial charge in [-0.05, 0) is 42.6 Å². The molecule has 6 heteroatoms. The van der Waals surface area contributed by atoms with Crippen LogP contribution < -0.4 is 4.74 Å². The summed E-state index contributed by atoms with van der Waals surface area (Å²) in [6.45, 7) is 0.962. The quantitative estimate of drug-likeness (QED) is 0.446. The van der Waals surface area contributed by atoms with E-state index in [1.54, 1.807) is 12.1 Å². The summed E-state index contributed by atoms with van der Waals surface area (Å²) in [6, 6.07) is 22.9. The van der Waals surface area contributed by atoms with E-state index in [4.69, 9.17) is 4.74 Å². The van der Waals surface area contributed by atoms with Gasteiger partial charge in [-0.3, -0.25) is 15.0 Å². The standard InChI is InChI=1S/C25H26N2O4/c1-26(16-18-8-4-2-5-9-18)22-14-12-20-21(25(22)28)13-15-23(24(20)27(29)30)31-17-19-10-6-3-7-11-19/h2-11,13,15,22,25,28H,12,14,16-17H2,1H3. The molecule has 0 spiro atoms. The number of hydrogen-bond acceptors (Lipinski definition) is 5. The molecule has 1 N–H and O–H groups in total. The van der Waals surface area contributed by atoms with E-state index < -0.39 is 6.10 Å². The first-order valence-corrected chi connectivity index (χ1v) is 10.4. The first kappa shape index (κ1) is 21.0. The maximum Gasteiger partial charge on any atom is 0.314 e. The molecule has 3 aromatic carbocycles. The first-order valence-electron chi connectivity index (χ1n) is 10.4. The Hall–Kier alpha value is -3.22. The van der Waals surface area contributed by atoms with Crippen molar-refractivity contribution in [3.63, 3.8) is 0 Å². The second-order valence-electron chi connectivity index (χ2n) is 7.96. The zero-order chi connectivity index (χ0) is 21.8. The van der Waals surface area contributed by atoms with Crippen LogP contribution in [0.1, 0.15) is 34.8 Å². The Kier molecular flexibility index (Phi) is 6.30. The highest BCUT2D eigenvalue weighted by Gasteiger charge is 2.36. The predicted octanol–water partition coefficient (Wildman–Crippen LogP) is 4.65. The summed E-state index contributed by atoms with van der Waals surface area (Å²) in [4.78, 5) is 13.6. The molecule has 6 nitrogen and oxygen atoms in total. The zero-order valence-corrected chi connectivity index (χ0v) is 17.5. The van der Waals surface area contributed by atoms with Crippen LogP contribution in [0, 0.1) is 10.1 Å². The Morgan fingerprint density at radius 3 is 2.32 bits per heavy atom. The molecule has 0 amide bonds. The van der Waals surface area contributed by atoms with Crippen LogP contribution in [0.25, 0.3) is 0 Å². The summed E-state index contributed by atoms with van der Waals surface area (Å²) in [7, 11) is 1.98. The summed E-state index contributed by atoms with van der Waals surface area (Å²) in [5.74, 6) is 0.246. The highest BCUT2D eigenvalue weighted by molar-refractivity contribution is 5.58. The fourth-order valence-electron chi connectivity index (χ4n) is 4.33. The number of nitro benzene ring substituents is 1. The summed E-state index contributed by atoms with van der Waals surface area (Å²) >= 11 is 0. The minimum Gasteiger partial charge on any atom is -0.482 e. The molecule has 0 heterocycles. The van der Waals surface area contributed by atoms with E-state index in [2.05, 4.69) is 17.0 Å². The lowest BCUT2D eigenvalue weighted by atomic mass is 9.84. The van der Waals surface area contributed by atoms with E-state index in [0.717, 1.165) is 5.56 Å². The highest BCUT2D eigenvalue weighted by atomic mass is 16.6. The van der Waals surface area contributed by atoms with Gasteiger partial charge in [0, 0.05) is 18.2 Å². The number of aliphatic hydroxyl groups excluding tert-OH is 1.